The molecule has 1 unspecified atom stereocenters. The van der Waals surface area contributed by atoms with Crippen molar-refractivity contribution in [1.29, 1.82) is 0 Å². The van der Waals surface area contributed by atoms with Crippen LogP contribution < -0.4 is 0 Å². The number of hydrogen-bond donors (Lipinski definition) is 1. The second-order valence-corrected chi connectivity index (χ2v) is 5.93. The van der Waals surface area contributed by atoms with Crippen molar-refractivity contribution in [3.8, 4) is 0 Å². The van der Waals surface area contributed by atoms with Gasteiger partial charge in [0, 0.05) is 0 Å². The number of pyridine rings is 1. The number of aromatic nitrogens is 1. The molecular formula is C12H16AsFN2O2. The molecular weight excluding hydrogens is 298 g/mol. The average Bonchev–Trinajstić information content (AvgIpc) is 2.84. The Kier molecular flexibility index (Phi) is 4.35. The van der Waals surface area contributed by atoms with Crippen LogP contribution in [0.4, 0.5) is 4.39 Å². The molecule has 0 aromatic carbocycles. The average molecular weight is 314 g/mol. The summed E-state index contributed by atoms with van der Waals surface area (Å²) in [6.45, 7) is 0.603. The van der Waals surface area contributed by atoms with E-state index < -0.39 is 17.0 Å². The molecule has 1 aliphatic rings. The number of halogens is 1. The summed E-state index contributed by atoms with van der Waals surface area (Å²) in [7, 11) is 0. The van der Waals surface area contributed by atoms with Crippen LogP contribution in [0.15, 0.2) is 24.5 Å². The number of carbonyl (C=O) groups is 1. The first-order chi connectivity index (χ1) is 8.59. The molecule has 98 valence electrons. The Morgan fingerprint density at radius 2 is 2.22 bits per heavy atom. The molecule has 6 heteroatoms. The Balaban J connectivity index is 2.02. The zero-order valence-corrected chi connectivity index (χ0v) is 12.3. The molecule has 0 aliphatic carbocycles. The summed E-state index contributed by atoms with van der Waals surface area (Å²) in [5.41, 5.74) is 0.670. The second-order valence-electron chi connectivity index (χ2n) is 4.42. The predicted octanol–water partition coefficient (Wildman–Crippen LogP) is 0.107. The Hall–Kier alpha value is -0.932. The van der Waals surface area contributed by atoms with Crippen molar-refractivity contribution < 1.29 is 14.3 Å². The van der Waals surface area contributed by atoms with Crippen molar-refractivity contribution in [2.24, 2.45) is 0 Å². The molecule has 0 saturated carbocycles. The van der Waals surface area contributed by atoms with Crippen molar-refractivity contribution in [1.82, 2.24) is 9.88 Å². The number of amides is 1. The Labute approximate surface area is 114 Å². The molecule has 0 spiro atoms. The third-order valence-corrected chi connectivity index (χ3v) is 4.48. The number of rotatable bonds is 3. The molecule has 1 N–H and O–H groups in total. The van der Waals surface area contributed by atoms with E-state index in [9.17, 15) is 14.3 Å². The van der Waals surface area contributed by atoms with Crippen LogP contribution in [0.25, 0.3) is 0 Å². The van der Waals surface area contributed by atoms with Crippen molar-refractivity contribution in [2.45, 2.75) is 23.4 Å². The van der Waals surface area contributed by atoms with E-state index >= 15 is 0 Å². The van der Waals surface area contributed by atoms with Crippen LogP contribution >= 0.6 is 0 Å². The molecule has 0 bridgehead atoms. The number of aliphatic hydroxyl groups is 1. The van der Waals surface area contributed by atoms with Gasteiger partial charge in [-0.15, -0.1) is 0 Å². The predicted molar refractivity (Wildman–Crippen MR) is 67.6 cm³/mol. The van der Waals surface area contributed by atoms with Gasteiger partial charge in [0.25, 0.3) is 0 Å². The number of carbonyl (C=O) groups excluding carboxylic acids is 1. The van der Waals surface area contributed by atoms with Crippen molar-refractivity contribution in [2.75, 3.05) is 13.1 Å². The van der Waals surface area contributed by atoms with Crippen LogP contribution in [0.3, 0.4) is 0 Å². The van der Waals surface area contributed by atoms with Crippen LogP contribution in [0, 0.1) is 0 Å². The van der Waals surface area contributed by atoms with Gasteiger partial charge in [-0.2, -0.15) is 0 Å². The molecule has 0 radical (unpaired) electrons. The van der Waals surface area contributed by atoms with Crippen molar-refractivity contribution >= 4 is 22.8 Å². The minimum atomic E-state index is -0.924. The van der Waals surface area contributed by atoms with Gasteiger partial charge < -0.3 is 0 Å². The Morgan fingerprint density at radius 1 is 1.56 bits per heavy atom. The number of likely N-dealkylation sites (tertiary alicyclic amines) is 1. The van der Waals surface area contributed by atoms with E-state index in [1.54, 1.807) is 24.5 Å². The van der Waals surface area contributed by atoms with Crippen LogP contribution in [0.1, 0.15) is 18.1 Å². The molecule has 1 fully saturated rings. The standard InChI is InChI=1S/C12H16AsFN2O2/c13-10(11(17)8-1-4-15-5-2-8)12(18)16-6-3-9(14)7-16/h1-2,4-5,9-11,17H,3,6-7,13H2/t9-,10-,11+/m1/s1. The normalized spacial score (nSPS) is 22.8. The summed E-state index contributed by atoms with van der Waals surface area (Å²) in [6, 6.07) is 3.37. The van der Waals surface area contributed by atoms with E-state index in [0.717, 1.165) is 16.9 Å². The molecule has 1 amide bonds. The van der Waals surface area contributed by atoms with Gasteiger partial charge in [0.1, 0.15) is 0 Å². The summed E-state index contributed by atoms with van der Waals surface area (Å²) in [4.78, 5) is 17.5. The Morgan fingerprint density at radius 3 is 2.78 bits per heavy atom. The van der Waals surface area contributed by atoms with Crippen LogP contribution in [0.5, 0.6) is 0 Å². The van der Waals surface area contributed by atoms with Crippen LogP contribution in [-0.4, -0.2) is 57.0 Å². The monoisotopic (exact) mass is 314 g/mol. The maximum atomic E-state index is 13.1. The summed E-state index contributed by atoms with van der Waals surface area (Å²) in [5, 5.41) is 10.1. The maximum absolute atomic E-state index is 13.1. The van der Waals surface area contributed by atoms with Gasteiger partial charge in [0.05, 0.1) is 0 Å². The molecule has 1 aliphatic heterocycles. The third-order valence-electron chi connectivity index (χ3n) is 3.12. The van der Waals surface area contributed by atoms with Gasteiger partial charge in [-0.1, -0.05) is 0 Å². The van der Waals surface area contributed by atoms with Gasteiger partial charge in [0.2, 0.25) is 0 Å². The zero-order valence-electron chi connectivity index (χ0n) is 9.87. The fraction of sp³-hybridized carbons (Fsp3) is 0.500. The van der Waals surface area contributed by atoms with Gasteiger partial charge in [-0.05, 0) is 0 Å². The second kappa shape index (κ2) is 5.81. The third kappa shape index (κ3) is 2.90. The van der Waals surface area contributed by atoms with Gasteiger partial charge in [-0.25, -0.2) is 0 Å². The Bertz CT molecular complexity index is 418. The van der Waals surface area contributed by atoms with Crippen LogP contribution in [0.2, 0.25) is 4.71 Å². The molecule has 1 saturated heterocycles. The fourth-order valence-corrected chi connectivity index (χ4v) is 2.94. The van der Waals surface area contributed by atoms with Gasteiger partial charge in [0.15, 0.2) is 0 Å². The quantitative estimate of drug-likeness (QED) is 0.806. The van der Waals surface area contributed by atoms with Gasteiger partial charge in [-0.3, -0.25) is 0 Å². The number of hydrogen-bond acceptors (Lipinski definition) is 3. The fourth-order valence-electron chi connectivity index (χ4n) is 2.03. The molecule has 2 rings (SSSR count). The summed E-state index contributed by atoms with van der Waals surface area (Å²) in [5.74, 6) is -0.167. The number of aliphatic hydroxyl groups excluding tert-OH is 1. The first kappa shape index (κ1) is 13.5. The summed E-state index contributed by atoms with van der Waals surface area (Å²) < 4.78 is 12.6. The zero-order chi connectivity index (χ0) is 13.1. The molecule has 4 atom stereocenters. The molecule has 4 nitrogen and oxygen atoms in total. The number of alkyl halides is 1. The van der Waals surface area contributed by atoms with E-state index in [1.807, 2.05) is 0 Å². The van der Waals surface area contributed by atoms with Crippen LogP contribution in [-0.2, 0) is 4.79 Å². The first-order valence-corrected chi connectivity index (χ1v) is 7.26. The molecule has 18 heavy (non-hydrogen) atoms. The summed E-state index contributed by atoms with van der Waals surface area (Å²) in [6.07, 6.45) is 1.79. The molecule has 1 aromatic heterocycles. The topological polar surface area (TPSA) is 53.4 Å². The van der Waals surface area contributed by atoms with Crippen molar-refractivity contribution in [3.63, 3.8) is 0 Å². The minimum absolute atomic E-state index is 0.155. The van der Waals surface area contributed by atoms with Crippen molar-refractivity contribution in [3.05, 3.63) is 30.1 Å². The molecule has 2 heterocycles. The van der Waals surface area contributed by atoms with Gasteiger partial charge >= 0.3 is 114 Å². The van der Waals surface area contributed by atoms with E-state index in [1.165, 1.54) is 4.90 Å². The number of nitrogens with zero attached hydrogens (tertiary/aromatic N) is 2. The first-order valence-electron chi connectivity index (χ1n) is 5.86. The SMILES string of the molecule is O=C([C@H]([AsH2])[C@@H](O)c1ccncc1)N1CC[C@@H](F)C1. The summed E-state index contributed by atoms with van der Waals surface area (Å²) >= 11 is 1.16. The van der Waals surface area contributed by atoms with E-state index in [0.29, 0.717) is 18.5 Å². The molecule has 1 aromatic rings. The van der Waals surface area contributed by atoms with E-state index in [2.05, 4.69) is 4.98 Å². The van der Waals surface area contributed by atoms with E-state index in [4.69, 9.17) is 0 Å². The van der Waals surface area contributed by atoms with E-state index in [-0.39, 0.29) is 12.5 Å².